The summed E-state index contributed by atoms with van der Waals surface area (Å²) >= 11 is 0. The van der Waals surface area contributed by atoms with Crippen LogP contribution in [-0.4, -0.2) is 28.3 Å². The third-order valence-corrected chi connectivity index (χ3v) is 5.89. The summed E-state index contributed by atoms with van der Waals surface area (Å²) < 4.78 is 6.94. The van der Waals surface area contributed by atoms with Gasteiger partial charge in [-0.1, -0.05) is 36.4 Å². The van der Waals surface area contributed by atoms with E-state index < -0.39 is 5.97 Å². The smallest absolute Gasteiger partial charge is 0.306 e. The van der Waals surface area contributed by atoms with Gasteiger partial charge in [0.15, 0.2) is 6.61 Å². The molecule has 0 saturated heterocycles. The molecule has 0 spiro atoms. The van der Waals surface area contributed by atoms with E-state index in [9.17, 15) is 9.59 Å². The average molecular weight is 432 g/mol. The summed E-state index contributed by atoms with van der Waals surface area (Å²) in [5.74, 6) is -0.686. The van der Waals surface area contributed by atoms with Gasteiger partial charge in [0.25, 0.3) is 5.91 Å². The van der Waals surface area contributed by atoms with Gasteiger partial charge >= 0.3 is 5.97 Å². The third-order valence-electron chi connectivity index (χ3n) is 5.89. The Bertz CT molecular complexity index is 1070. The lowest BCUT2D eigenvalue weighted by atomic mass is 9.89. The van der Waals surface area contributed by atoms with Gasteiger partial charge < -0.3 is 10.1 Å². The molecule has 1 aliphatic carbocycles. The number of carbonyl (C=O) groups is 2. The average Bonchev–Trinajstić information content (AvgIpc) is 3.31. The first kappa shape index (κ1) is 21.8. The van der Waals surface area contributed by atoms with Crippen LogP contribution >= 0.6 is 0 Å². The molecule has 166 valence electrons. The number of esters is 1. The van der Waals surface area contributed by atoms with Crippen molar-refractivity contribution >= 4 is 11.9 Å². The van der Waals surface area contributed by atoms with Crippen molar-refractivity contribution in [1.82, 2.24) is 15.1 Å². The Balaban J connectivity index is 1.20. The van der Waals surface area contributed by atoms with E-state index in [1.807, 2.05) is 43.5 Å². The van der Waals surface area contributed by atoms with Crippen molar-refractivity contribution in [3.8, 4) is 5.69 Å². The highest BCUT2D eigenvalue weighted by atomic mass is 16.5. The number of fused-ring (bicyclic) bond motifs is 1. The SMILES string of the molecule is CC(NC(=O)COC(=O)CCc1cnn(-c2ccccc2)c1)c1ccc2c(c1)CCCC2. The fourth-order valence-corrected chi connectivity index (χ4v) is 4.06. The van der Waals surface area contributed by atoms with E-state index in [2.05, 4.69) is 28.6 Å². The Morgan fingerprint density at radius 1 is 1.09 bits per heavy atom. The van der Waals surface area contributed by atoms with Gasteiger partial charge in [0.2, 0.25) is 0 Å². The monoisotopic (exact) mass is 431 g/mol. The van der Waals surface area contributed by atoms with Crippen molar-refractivity contribution < 1.29 is 14.3 Å². The van der Waals surface area contributed by atoms with Crippen molar-refractivity contribution in [1.29, 1.82) is 0 Å². The highest BCUT2D eigenvalue weighted by Gasteiger charge is 2.15. The van der Waals surface area contributed by atoms with E-state index >= 15 is 0 Å². The first-order valence-corrected chi connectivity index (χ1v) is 11.2. The Labute approximate surface area is 188 Å². The van der Waals surface area contributed by atoms with Crippen molar-refractivity contribution in [2.75, 3.05) is 6.61 Å². The van der Waals surface area contributed by atoms with Crippen molar-refractivity contribution in [2.45, 2.75) is 51.5 Å². The van der Waals surface area contributed by atoms with Crippen LogP contribution in [0.5, 0.6) is 0 Å². The van der Waals surface area contributed by atoms with Gasteiger partial charge in [-0.2, -0.15) is 5.10 Å². The summed E-state index contributed by atoms with van der Waals surface area (Å²) in [7, 11) is 0. The first-order chi connectivity index (χ1) is 15.6. The van der Waals surface area contributed by atoms with Gasteiger partial charge in [-0.3, -0.25) is 9.59 Å². The fourth-order valence-electron chi connectivity index (χ4n) is 4.06. The maximum Gasteiger partial charge on any atom is 0.306 e. The Morgan fingerprint density at radius 3 is 2.69 bits per heavy atom. The largest absolute Gasteiger partial charge is 0.456 e. The third kappa shape index (κ3) is 5.63. The molecule has 0 aliphatic heterocycles. The predicted octanol–water partition coefficient (Wildman–Crippen LogP) is 4.10. The van der Waals surface area contributed by atoms with Crippen LogP contribution in [0, 0.1) is 0 Å². The van der Waals surface area contributed by atoms with E-state index in [0.717, 1.165) is 29.7 Å². The molecule has 1 heterocycles. The zero-order valence-electron chi connectivity index (χ0n) is 18.4. The first-order valence-electron chi connectivity index (χ1n) is 11.2. The second-order valence-corrected chi connectivity index (χ2v) is 8.31. The topological polar surface area (TPSA) is 73.2 Å². The summed E-state index contributed by atoms with van der Waals surface area (Å²) in [4.78, 5) is 24.3. The zero-order chi connectivity index (χ0) is 22.3. The number of carbonyl (C=O) groups excluding carboxylic acids is 2. The molecule has 6 nitrogen and oxygen atoms in total. The lowest BCUT2D eigenvalue weighted by Gasteiger charge is -2.20. The van der Waals surface area contributed by atoms with Gasteiger partial charge in [-0.05, 0) is 73.4 Å². The Morgan fingerprint density at radius 2 is 1.88 bits per heavy atom. The molecule has 32 heavy (non-hydrogen) atoms. The number of nitrogens with one attached hydrogen (secondary N) is 1. The maximum atomic E-state index is 12.3. The van der Waals surface area contributed by atoms with Crippen molar-refractivity contribution in [3.05, 3.63) is 83.2 Å². The molecular formula is C26H29N3O3. The molecule has 1 N–H and O–H groups in total. The van der Waals surface area contributed by atoms with E-state index in [0.29, 0.717) is 6.42 Å². The molecule has 1 aromatic heterocycles. The molecule has 1 atom stereocenters. The van der Waals surface area contributed by atoms with Crippen LogP contribution in [0.1, 0.15) is 54.5 Å². The van der Waals surface area contributed by atoms with Gasteiger partial charge in [0.1, 0.15) is 0 Å². The van der Waals surface area contributed by atoms with Gasteiger partial charge in [0, 0.05) is 12.6 Å². The van der Waals surface area contributed by atoms with E-state index in [1.54, 1.807) is 10.9 Å². The molecule has 0 bridgehead atoms. The number of benzene rings is 2. The number of para-hydroxylation sites is 1. The van der Waals surface area contributed by atoms with Crippen LogP contribution in [0.3, 0.4) is 0 Å². The predicted molar refractivity (Wildman–Crippen MR) is 122 cm³/mol. The lowest BCUT2D eigenvalue weighted by Crippen LogP contribution is -2.31. The highest BCUT2D eigenvalue weighted by molar-refractivity contribution is 5.80. The zero-order valence-corrected chi connectivity index (χ0v) is 18.4. The fraction of sp³-hybridized carbons (Fsp3) is 0.346. The second-order valence-electron chi connectivity index (χ2n) is 8.31. The summed E-state index contributed by atoms with van der Waals surface area (Å²) in [6, 6.07) is 16.1. The van der Waals surface area contributed by atoms with Crippen LogP contribution in [0.15, 0.2) is 60.9 Å². The number of hydrogen-bond donors (Lipinski definition) is 1. The minimum atomic E-state index is -0.394. The van der Waals surface area contributed by atoms with Gasteiger partial charge in [0.05, 0.1) is 17.9 Å². The van der Waals surface area contributed by atoms with Gasteiger partial charge in [-0.15, -0.1) is 0 Å². The second kappa shape index (κ2) is 10.3. The number of amides is 1. The number of aryl methyl sites for hydroxylation is 3. The molecule has 1 amide bonds. The molecule has 1 aliphatic rings. The van der Waals surface area contributed by atoms with Crippen LogP contribution in [0.25, 0.3) is 5.69 Å². The summed E-state index contributed by atoms with van der Waals surface area (Å²) in [5.41, 5.74) is 5.79. The number of rotatable bonds is 8. The number of hydrogen-bond acceptors (Lipinski definition) is 4. The van der Waals surface area contributed by atoms with Crippen LogP contribution < -0.4 is 5.32 Å². The molecule has 0 saturated carbocycles. The Kier molecular flexibility index (Phi) is 7.00. The summed E-state index contributed by atoms with van der Waals surface area (Å²) in [6.45, 7) is 1.69. The van der Waals surface area contributed by atoms with Crippen LogP contribution in [0.2, 0.25) is 0 Å². The summed E-state index contributed by atoms with van der Waals surface area (Å²) in [5, 5.41) is 7.25. The normalized spacial score (nSPS) is 13.8. The molecule has 3 aromatic rings. The highest BCUT2D eigenvalue weighted by Crippen LogP contribution is 2.24. The quantitative estimate of drug-likeness (QED) is 0.545. The molecule has 0 fully saturated rings. The van der Waals surface area contributed by atoms with E-state index in [4.69, 9.17) is 4.74 Å². The van der Waals surface area contributed by atoms with Crippen molar-refractivity contribution in [3.63, 3.8) is 0 Å². The van der Waals surface area contributed by atoms with Gasteiger partial charge in [-0.25, -0.2) is 4.68 Å². The minimum absolute atomic E-state index is 0.128. The molecule has 4 rings (SSSR count). The number of nitrogens with zero attached hydrogens (tertiary/aromatic N) is 2. The van der Waals surface area contributed by atoms with E-state index in [1.165, 1.54) is 24.0 Å². The van der Waals surface area contributed by atoms with Crippen LogP contribution in [-0.2, 0) is 33.6 Å². The molecule has 6 heteroatoms. The van der Waals surface area contributed by atoms with Crippen LogP contribution in [0.4, 0.5) is 0 Å². The molecular weight excluding hydrogens is 402 g/mol. The van der Waals surface area contributed by atoms with E-state index in [-0.39, 0.29) is 25.0 Å². The van der Waals surface area contributed by atoms with Crippen molar-refractivity contribution in [2.24, 2.45) is 0 Å². The maximum absolute atomic E-state index is 12.3. The standard InChI is InChI=1S/C26H29N3O3/c1-19(22-13-12-21-7-5-6-8-23(21)15-22)28-25(30)18-32-26(31)14-11-20-16-27-29(17-20)24-9-3-2-4-10-24/h2-4,9-10,12-13,15-17,19H,5-8,11,14,18H2,1H3,(H,28,30). The number of aromatic nitrogens is 2. The minimum Gasteiger partial charge on any atom is -0.456 e. The number of ether oxygens (including phenoxy) is 1. The molecule has 0 radical (unpaired) electrons. The summed E-state index contributed by atoms with van der Waals surface area (Å²) in [6.07, 6.45) is 9.07. The molecule has 2 aromatic carbocycles. The Hall–Kier alpha value is -3.41. The lowest BCUT2D eigenvalue weighted by molar-refractivity contribution is -0.148. The molecule has 1 unspecified atom stereocenters.